The number of rotatable bonds is 6. The number of hydrogen-bond acceptors (Lipinski definition) is 7. The number of methoxy groups -OCH3 is 3. The van der Waals surface area contributed by atoms with Crippen LogP contribution in [0.5, 0.6) is 17.2 Å². The zero-order valence-electron chi connectivity index (χ0n) is 19.2. The lowest BCUT2D eigenvalue weighted by atomic mass is 9.75. The number of carbonyl (C=O) groups is 2. The Labute approximate surface area is 188 Å². The molecule has 1 atom stereocenters. The van der Waals surface area contributed by atoms with Gasteiger partial charge in [0.25, 0.3) is 0 Å². The highest BCUT2D eigenvalue weighted by Gasteiger charge is 2.41. The van der Waals surface area contributed by atoms with Crippen molar-refractivity contribution in [1.82, 2.24) is 5.32 Å². The molecule has 1 fully saturated rings. The minimum absolute atomic E-state index is 0.0410. The fourth-order valence-electron chi connectivity index (χ4n) is 5.06. The fourth-order valence-corrected chi connectivity index (χ4v) is 5.06. The molecule has 3 aliphatic rings. The van der Waals surface area contributed by atoms with Crippen LogP contribution in [-0.2, 0) is 14.3 Å². The number of Topliss-reactive ketones (excluding diaryl/α,β-unsaturated/α-hetero) is 1. The van der Waals surface area contributed by atoms with Crippen molar-refractivity contribution in [2.24, 2.45) is 0 Å². The van der Waals surface area contributed by atoms with Gasteiger partial charge < -0.3 is 24.3 Å². The normalized spacial score (nSPS) is 21.2. The molecule has 1 aliphatic heterocycles. The molecule has 4 rings (SSSR count). The van der Waals surface area contributed by atoms with Gasteiger partial charge in [-0.25, -0.2) is 4.79 Å². The second kappa shape index (κ2) is 9.27. The summed E-state index contributed by atoms with van der Waals surface area (Å²) in [6.45, 7) is 1.87. The fraction of sp³-hybridized carbons (Fsp3) is 0.520. The van der Waals surface area contributed by atoms with E-state index in [-0.39, 0.29) is 17.9 Å². The Morgan fingerprint density at radius 3 is 2.25 bits per heavy atom. The lowest BCUT2D eigenvalue weighted by molar-refractivity contribution is -0.144. The van der Waals surface area contributed by atoms with Crippen LogP contribution >= 0.6 is 0 Å². The maximum atomic E-state index is 13.5. The minimum atomic E-state index is -0.595. The van der Waals surface area contributed by atoms with Gasteiger partial charge in [0.05, 0.1) is 32.8 Å². The summed E-state index contributed by atoms with van der Waals surface area (Å²) in [6, 6.07) is 3.54. The number of dihydropyridines is 1. The molecule has 1 saturated carbocycles. The predicted molar refractivity (Wildman–Crippen MR) is 119 cm³/mol. The number of ketones is 1. The number of nitrogens with one attached hydrogen (secondary N) is 1. The molecule has 0 spiro atoms. The number of allylic oxidation sites excluding steroid dienone is 3. The summed E-state index contributed by atoms with van der Waals surface area (Å²) in [5, 5.41) is 3.33. The molecule has 0 amide bonds. The van der Waals surface area contributed by atoms with Crippen LogP contribution in [0, 0.1) is 0 Å². The van der Waals surface area contributed by atoms with E-state index >= 15 is 0 Å². The summed E-state index contributed by atoms with van der Waals surface area (Å²) in [4.78, 5) is 26.6. The minimum Gasteiger partial charge on any atom is -0.496 e. The summed E-state index contributed by atoms with van der Waals surface area (Å²) < 4.78 is 22.5. The molecule has 0 bridgehead atoms. The summed E-state index contributed by atoms with van der Waals surface area (Å²) in [5.74, 6) is 0.616. The largest absolute Gasteiger partial charge is 0.496 e. The standard InChI is InChI=1S/C25H31NO6/c1-14-22(25(28)32-15-8-5-6-9-15)23(24-17(26-14)10-7-11-18(24)27)16-12-20(30-3)21(31-4)13-19(16)29-2/h12-13,15,23,26H,5-11H2,1-4H3/t23-/m1/s1. The molecule has 1 aromatic rings. The monoisotopic (exact) mass is 441 g/mol. The first kappa shape index (κ1) is 22.2. The Bertz CT molecular complexity index is 986. The van der Waals surface area contributed by atoms with E-state index in [0.29, 0.717) is 46.1 Å². The molecular formula is C25H31NO6. The van der Waals surface area contributed by atoms with Gasteiger partial charge >= 0.3 is 5.97 Å². The van der Waals surface area contributed by atoms with Crippen molar-refractivity contribution < 1.29 is 28.5 Å². The molecule has 172 valence electrons. The van der Waals surface area contributed by atoms with E-state index in [0.717, 1.165) is 44.2 Å². The Balaban J connectivity index is 1.87. The molecule has 0 radical (unpaired) electrons. The van der Waals surface area contributed by atoms with E-state index in [1.165, 1.54) is 0 Å². The summed E-state index contributed by atoms with van der Waals surface area (Å²) in [7, 11) is 4.68. The maximum absolute atomic E-state index is 13.5. The molecule has 1 heterocycles. The van der Waals surface area contributed by atoms with Crippen LogP contribution in [0.25, 0.3) is 0 Å². The zero-order chi connectivity index (χ0) is 22.8. The summed E-state index contributed by atoms with van der Waals surface area (Å²) >= 11 is 0. The van der Waals surface area contributed by atoms with Crippen molar-refractivity contribution >= 4 is 11.8 Å². The van der Waals surface area contributed by atoms with Crippen molar-refractivity contribution in [2.45, 2.75) is 63.9 Å². The Morgan fingerprint density at radius 2 is 1.59 bits per heavy atom. The average molecular weight is 442 g/mol. The maximum Gasteiger partial charge on any atom is 0.337 e. The summed E-state index contributed by atoms with van der Waals surface area (Å²) in [5.41, 5.74) is 3.34. The molecule has 1 N–H and O–H groups in total. The van der Waals surface area contributed by atoms with Crippen LogP contribution in [0.15, 0.2) is 34.7 Å². The van der Waals surface area contributed by atoms with Crippen molar-refractivity contribution in [3.63, 3.8) is 0 Å². The van der Waals surface area contributed by atoms with E-state index in [4.69, 9.17) is 18.9 Å². The first-order valence-electron chi connectivity index (χ1n) is 11.2. The smallest absolute Gasteiger partial charge is 0.337 e. The highest BCUT2D eigenvalue weighted by molar-refractivity contribution is 6.04. The second-order valence-electron chi connectivity index (χ2n) is 8.53. The average Bonchev–Trinajstić information content (AvgIpc) is 3.30. The third-order valence-electron chi connectivity index (χ3n) is 6.62. The Kier molecular flexibility index (Phi) is 6.44. The van der Waals surface area contributed by atoms with Gasteiger partial charge in [0, 0.05) is 35.0 Å². The molecule has 0 unspecified atom stereocenters. The van der Waals surface area contributed by atoms with Gasteiger partial charge in [-0.15, -0.1) is 0 Å². The SMILES string of the molecule is COc1cc(OC)c([C@@H]2C(C(=O)OC3CCCC3)=C(C)NC3=C2C(=O)CCC3)cc1OC. The van der Waals surface area contributed by atoms with Crippen molar-refractivity contribution in [1.29, 1.82) is 0 Å². The first-order chi connectivity index (χ1) is 15.5. The van der Waals surface area contributed by atoms with Crippen molar-refractivity contribution in [3.8, 4) is 17.2 Å². The third kappa shape index (κ3) is 3.96. The molecule has 32 heavy (non-hydrogen) atoms. The number of carbonyl (C=O) groups excluding carboxylic acids is 2. The topological polar surface area (TPSA) is 83.1 Å². The van der Waals surface area contributed by atoms with Crippen LogP contribution < -0.4 is 19.5 Å². The van der Waals surface area contributed by atoms with Crippen LogP contribution in [0.1, 0.15) is 63.4 Å². The van der Waals surface area contributed by atoms with Crippen molar-refractivity contribution in [3.05, 3.63) is 40.2 Å². The zero-order valence-corrected chi connectivity index (χ0v) is 19.2. The highest BCUT2D eigenvalue weighted by atomic mass is 16.5. The lowest BCUT2D eigenvalue weighted by Gasteiger charge is -2.35. The van der Waals surface area contributed by atoms with Gasteiger partial charge in [-0.05, 0) is 51.5 Å². The van der Waals surface area contributed by atoms with E-state index in [1.807, 2.05) is 6.92 Å². The molecule has 7 nitrogen and oxygen atoms in total. The van der Waals surface area contributed by atoms with Crippen LogP contribution in [0.2, 0.25) is 0 Å². The van der Waals surface area contributed by atoms with Gasteiger partial charge in [0.15, 0.2) is 17.3 Å². The van der Waals surface area contributed by atoms with Gasteiger partial charge in [0.1, 0.15) is 11.9 Å². The number of benzene rings is 1. The molecule has 7 heteroatoms. The van der Waals surface area contributed by atoms with E-state index < -0.39 is 5.92 Å². The van der Waals surface area contributed by atoms with Crippen LogP contribution in [-0.4, -0.2) is 39.2 Å². The van der Waals surface area contributed by atoms with Crippen molar-refractivity contribution in [2.75, 3.05) is 21.3 Å². The molecule has 0 saturated heterocycles. The van der Waals surface area contributed by atoms with E-state index in [1.54, 1.807) is 33.5 Å². The number of hydrogen-bond donors (Lipinski definition) is 1. The quantitative estimate of drug-likeness (QED) is 0.664. The van der Waals surface area contributed by atoms with Crippen LogP contribution in [0.4, 0.5) is 0 Å². The Hall–Kier alpha value is -2.96. The molecule has 1 aromatic carbocycles. The predicted octanol–water partition coefficient (Wildman–Crippen LogP) is 4.17. The van der Waals surface area contributed by atoms with Gasteiger partial charge in [-0.2, -0.15) is 0 Å². The van der Waals surface area contributed by atoms with Gasteiger partial charge in [0.2, 0.25) is 0 Å². The lowest BCUT2D eigenvalue weighted by Crippen LogP contribution is -2.35. The van der Waals surface area contributed by atoms with E-state index in [9.17, 15) is 9.59 Å². The summed E-state index contributed by atoms with van der Waals surface area (Å²) in [6.07, 6.45) is 5.81. The number of ether oxygens (including phenoxy) is 4. The van der Waals surface area contributed by atoms with E-state index in [2.05, 4.69) is 5.32 Å². The number of esters is 1. The second-order valence-corrected chi connectivity index (χ2v) is 8.53. The highest BCUT2D eigenvalue weighted by Crippen LogP contribution is 2.48. The molecular weight excluding hydrogens is 410 g/mol. The third-order valence-corrected chi connectivity index (χ3v) is 6.62. The molecule has 0 aromatic heterocycles. The van der Waals surface area contributed by atoms with Crippen LogP contribution in [0.3, 0.4) is 0 Å². The molecule has 2 aliphatic carbocycles. The van der Waals surface area contributed by atoms with Gasteiger partial charge in [-0.1, -0.05) is 0 Å². The van der Waals surface area contributed by atoms with Gasteiger partial charge in [-0.3, -0.25) is 4.79 Å². The first-order valence-corrected chi connectivity index (χ1v) is 11.2. The Morgan fingerprint density at radius 1 is 0.938 bits per heavy atom.